The van der Waals surface area contributed by atoms with E-state index in [4.69, 9.17) is 0 Å². The van der Waals surface area contributed by atoms with Gasteiger partial charge in [-0.05, 0) is 49.1 Å². The van der Waals surface area contributed by atoms with E-state index in [1.807, 2.05) is 37.4 Å². The summed E-state index contributed by atoms with van der Waals surface area (Å²) in [5.41, 5.74) is 6.52. The van der Waals surface area contributed by atoms with Gasteiger partial charge in [-0.1, -0.05) is 30.3 Å². The van der Waals surface area contributed by atoms with Crippen LogP contribution in [-0.4, -0.2) is 10.8 Å². The molecule has 2 aromatic carbocycles. The molecule has 0 bridgehead atoms. The minimum Gasteiger partial charge on any atom is -0.360 e. The molecule has 0 unspecified atom stereocenters. The van der Waals surface area contributed by atoms with Crippen molar-refractivity contribution in [1.29, 1.82) is 0 Å². The number of hydrogen-bond donors (Lipinski definition) is 1. The molecule has 0 aliphatic carbocycles. The summed E-state index contributed by atoms with van der Waals surface area (Å²) in [6.45, 7) is 6.21. The minimum absolute atomic E-state index is 0.166. The summed E-state index contributed by atoms with van der Waals surface area (Å²) in [5, 5.41) is 1.05. The summed E-state index contributed by atoms with van der Waals surface area (Å²) >= 11 is 0. The monoisotopic (exact) mass is 277 g/mol. The van der Waals surface area contributed by atoms with E-state index in [0.29, 0.717) is 6.42 Å². The number of carbonyl (C=O) groups is 1. The lowest BCUT2D eigenvalue weighted by atomic mass is 9.98. The SMILES string of the molecule is Cc1ccc(CC(=O)c2c[nH]c3cccc(C)c23)cc1C. The van der Waals surface area contributed by atoms with Crippen LogP contribution in [0.3, 0.4) is 0 Å². The van der Waals surface area contributed by atoms with Gasteiger partial charge in [-0.25, -0.2) is 0 Å². The number of aryl methyl sites for hydroxylation is 3. The average Bonchev–Trinajstić information content (AvgIpc) is 2.88. The Kier molecular flexibility index (Phi) is 3.38. The third-order valence-corrected chi connectivity index (χ3v) is 4.15. The zero-order valence-electron chi connectivity index (χ0n) is 12.7. The second-order valence-electron chi connectivity index (χ2n) is 5.72. The van der Waals surface area contributed by atoms with E-state index >= 15 is 0 Å². The second-order valence-corrected chi connectivity index (χ2v) is 5.72. The van der Waals surface area contributed by atoms with Crippen molar-refractivity contribution >= 4 is 16.7 Å². The van der Waals surface area contributed by atoms with Gasteiger partial charge in [0.25, 0.3) is 0 Å². The van der Waals surface area contributed by atoms with Gasteiger partial charge < -0.3 is 4.98 Å². The summed E-state index contributed by atoms with van der Waals surface area (Å²) in [7, 11) is 0. The molecule has 1 heterocycles. The van der Waals surface area contributed by atoms with Crippen LogP contribution in [-0.2, 0) is 6.42 Å². The molecule has 3 rings (SSSR count). The van der Waals surface area contributed by atoms with Crippen LogP contribution in [0.4, 0.5) is 0 Å². The average molecular weight is 277 g/mol. The number of fused-ring (bicyclic) bond motifs is 1. The molecule has 1 aromatic heterocycles. The zero-order chi connectivity index (χ0) is 15.0. The van der Waals surface area contributed by atoms with Crippen molar-refractivity contribution in [2.24, 2.45) is 0 Å². The molecule has 2 heteroatoms. The first-order valence-electron chi connectivity index (χ1n) is 7.22. The molecule has 0 spiro atoms. The number of Topliss-reactive ketones (excluding diaryl/α,β-unsaturated/α-hetero) is 1. The maximum Gasteiger partial charge on any atom is 0.169 e. The van der Waals surface area contributed by atoms with Crippen LogP contribution in [0.25, 0.3) is 10.9 Å². The van der Waals surface area contributed by atoms with E-state index in [1.165, 1.54) is 11.1 Å². The van der Waals surface area contributed by atoms with Crippen molar-refractivity contribution in [3.05, 3.63) is 70.4 Å². The normalized spacial score (nSPS) is 11.0. The summed E-state index contributed by atoms with van der Waals surface area (Å²) in [5.74, 6) is 0.166. The Labute approximate surface area is 124 Å². The molecule has 0 saturated heterocycles. The number of H-pyrrole nitrogens is 1. The minimum atomic E-state index is 0.166. The molecule has 0 aliphatic heterocycles. The maximum absolute atomic E-state index is 12.6. The van der Waals surface area contributed by atoms with Gasteiger partial charge in [0.2, 0.25) is 0 Å². The van der Waals surface area contributed by atoms with Crippen LogP contribution in [0.5, 0.6) is 0 Å². The van der Waals surface area contributed by atoms with Crippen LogP contribution in [0.1, 0.15) is 32.6 Å². The van der Waals surface area contributed by atoms with Gasteiger partial charge in [-0.15, -0.1) is 0 Å². The topological polar surface area (TPSA) is 32.9 Å². The van der Waals surface area contributed by atoms with Crippen LogP contribution < -0.4 is 0 Å². The van der Waals surface area contributed by atoms with E-state index in [-0.39, 0.29) is 5.78 Å². The van der Waals surface area contributed by atoms with Gasteiger partial charge in [0.1, 0.15) is 0 Å². The molecular weight excluding hydrogens is 258 g/mol. The Morgan fingerprint density at radius 3 is 2.57 bits per heavy atom. The fourth-order valence-electron chi connectivity index (χ4n) is 2.78. The lowest BCUT2D eigenvalue weighted by molar-refractivity contribution is 0.0994. The molecule has 0 radical (unpaired) electrons. The fourth-order valence-corrected chi connectivity index (χ4v) is 2.78. The highest BCUT2D eigenvalue weighted by Crippen LogP contribution is 2.23. The first-order valence-corrected chi connectivity index (χ1v) is 7.22. The van der Waals surface area contributed by atoms with E-state index in [1.54, 1.807) is 0 Å². The van der Waals surface area contributed by atoms with Crippen LogP contribution in [0.15, 0.2) is 42.6 Å². The number of carbonyl (C=O) groups excluding carboxylic acids is 1. The fraction of sp³-hybridized carbons (Fsp3) is 0.211. The molecule has 2 nitrogen and oxygen atoms in total. The Morgan fingerprint density at radius 2 is 1.81 bits per heavy atom. The lowest BCUT2D eigenvalue weighted by Gasteiger charge is -2.05. The molecule has 0 fully saturated rings. The molecule has 0 aliphatic rings. The number of ketones is 1. The van der Waals surface area contributed by atoms with Crippen molar-refractivity contribution in [3.63, 3.8) is 0 Å². The third-order valence-electron chi connectivity index (χ3n) is 4.15. The highest BCUT2D eigenvalue weighted by Gasteiger charge is 2.14. The summed E-state index contributed by atoms with van der Waals surface area (Å²) in [6, 6.07) is 12.3. The highest BCUT2D eigenvalue weighted by atomic mass is 16.1. The van der Waals surface area contributed by atoms with Crippen LogP contribution in [0.2, 0.25) is 0 Å². The van der Waals surface area contributed by atoms with E-state index in [9.17, 15) is 4.79 Å². The predicted octanol–water partition coefficient (Wildman–Crippen LogP) is 4.52. The number of aromatic nitrogens is 1. The van der Waals surface area contributed by atoms with Gasteiger partial charge >= 0.3 is 0 Å². The number of benzene rings is 2. The highest BCUT2D eigenvalue weighted by molar-refractivity contribution is 6.09. The number of aromatic amines is 1. The Balaban J connectivity index is 1.95. The van der Waals surface area contributed by atoms with Crippen LogP contribution >= 0.6 is 0 Å². The molecule has 0 amide bonds. The van der Waals surface area contributed by atoms with Crippen LogP contribution in [0, 0.1) is 20.8 Å². The summed E-state index contributed by atoms with van der Waals surface area (Å²) in [4.78, 5) is 15.8. The molecule has 0 atom stereocenters. The third kappa shape index (κ3) is 2.49. The van der Waals surface area contributed by atoms with Crippen molar-refractivity contribution in [3.8, 4) is 0 Å². The zero-order valence-corrected chi connectivity index (χ0v) is 12.7. The van der Waals surface area contributed by atoms with E-state index in [2.05, 4.69) is 31.0 Å². The van der Waals surface area contributed by atoms with E-state index in [0.717, 1.165) is 27.6 Å². The van der Waals surface area contributed by atoms with Gasteiger partial charge in [0.15, 0.2) is 5.78 Å². The molecule has 1 N–H and O–H groups in total. The van der Waals surface area contributed by atoms with Crippen molar-refractivity contribution in [2.45, 2.75) is 27.2 Å². The maximum atomic E-state index is 12.6. The molecular formula is C19H19NO. The van der Waals surface area contributed by atoms with Gasteiger partial charge in [-0.3, -0.25) is 4.79 Å². The lowest BCUT2D eigenvalue weighted by Crippen LogP contribution is -2.03. The molecule has 3 aromatic rings. The molecule has 106 valence electrons. The number of rotatable bonds is 3. The first kappa shape index (κ1) is 13.6. The Hall–Kier alpha value is -2.35. The summed E-state index contributed by atoms with van der Waals surface area (Å²) < 4.78 is 0. The standard InChI is InChI=1S/C19H19NO/c1-12-7-8-15(9-14(12)3)10-18(21)16-11-20-17-6-4-5-13(2)19(16)17/h4-9,11,20H,10H2,1-3H3. The van der Waals surface area contributed by atoms with Crippen molar-refractivity contribution < 1.29 is 4.79 Å². The molecule has 21 heavy (non-hydrogen) atoms. The van der Waals surface area contributed by atoms with Gasteiger partial charge in [-0.2, -0.15) is 0 Å². The largest absolute Gasteiger partial charge is 0.360 e. The Morgan fingerprint density at radius 1 is 1.00 bits per heavy atom. The van der Waals surface area contributed by atoms with Gasteiger partial charge in [0, 0.05) is 29.1 Å². The molecule has 0 saturated carbocycles. The smallest absolute Gasteiger partial charge is 0.169 e. The predicted molar refractivity (Wildman–Crippen MR) is 87.0 cm³/mol. The van der Waals surface area contributed by atoms with E-state index < -0.39 is 0 Å². The number of hydrogen-bond acceptors (Lipinski definition) is 1. The van der Waals surface area contributed by atoms with Crippen molar-refractivity contribution in [1.82, 2.24) is 4.98 Å². The van der Waals surface area contributed by atoms with Crippen molar-refractivity contribution in [2.75, 3.05) is 0 Å². The quantitative estimate of drug-likeness (QED) is 0.701. The van der Waals surface area contributed by atoms with Gasteiger partial charge in [0.05, 0.1) is 0 Å². The summed E-state index contributed by atoms with van der Waals surface area (Å²) in [6.07, 6.45) is 2.28. The second kappa shape index (κ2) is 5.21. The Bertz CT molecular complexity index is 827. The number of nitrogens with one attached hydrogen (secondary N) is 1. The first-order chi connectivity index (χ1) is 10.1.